The highest BCUT2D eigenvalue weighted by atomic mass is 16.5. The summed E-state index contributed by atoms with van der Waals surface area (Å²) in [6.45, 7) is 5.15. The van der Waals surface area contributed by atoms with E-state index in [-0.39, 0.29) is 17.6 Å². The SMILES string of the molecule is CCOC(=O)C(C)N(C)CC1(N(C)C)CCC1. The molecular weight excluding hydrogens is 216 g/mol. The average molecular weight is 242 g/mol. The van der Waals surface area contributed by atoms with Gasteiger partial charge in [0.15, 0.2) is 0 Å². The minimum Gasteiger partial charge on any atom is -0.465 e. The van der Waals surface area contributed by atoms with Crippen molar-refractivity contribution in [1.29, 1.82) is 0 Å². The Morgan fingerprint density at radius 2 is 1.94 bits per heavy atom. The highest BCUT2D eigenvalue weighted by Crippen LogP contribution is 2.36. The number of carbonyl (C=O) groups is 1. The van der Waals surface area contributed by atoms with E-state index in [0.717, 1.165) is 6.54 Å². The Labute approximate surface area is 105 Å². The number of hydrogen-bond acceptors (Lipinski definition) is 4. The zero-order chi connectivity index (χ0) is 13.1. The van der Waals surface area contributed by atoms with Crippen LogP contribution in [0.5, 0.6) is 0 Å². The van der Waals surface area contributed by atoms with Gasteiger partial charge in [-0.2, -0.15) is 0 Å². The molecule has 0 N–H and O–H groups in total. The van der Waals surface area contributed by atoms with Crippen LogP contribution in [0, 0.1) is 0 Å². The van der Waals surface area contributed by atoms with Crippen molar-refractivity contribution in [2.75, 3.05) is 34.3 Å². The topological polar surface area (TPSA) is 32.8 Å². The summed E-state index contributed by atoms with van der Waals surface area (Å²) in [7, 11) is 6.26. The zero-order valence-corrected chi connectivity index (χ0v) is 11.8. The van der Waals surface area contributed by atoms with Gasteiger partial charge in [-0.05, 0) is 54.3 Å². The third-order valence-corrected chi connectivity index (χ3v) is 4.07. The van der Waals surface area contributed by atoms with Crippen LogP contribution < -0.4 is 0 Å². The molecule has 0 radical (unpaired) electrons. The molecule has 1 rings (SSSR count). The molecule has 0 spiro atoms. The molecule has 0 heterocycles. The first kappa shape index (κ1) is 14.5. The van der Waals surface area contributed by atoms with Crippen molar-refractivity contribution in [3.05, 3.63) is 0 Å². The largest absolute Gasteiger partial charge is 0.465 e. The Morgan fingerprint density at radius 1 is 1.35 bits per heavy atom. The van der Waals surface area contributed by atoms with E-state index in [9.17, 15) is 4.79 Å². The number of esters is 1. The number of carbonyl (C=O) groups excluding carboxylic acids is 1. The van der Waals surface area contributed by atoms with Gasteiger partial charge in [0.1, 0.15) is 6.04 Å². The van der Waals surface area contributed by atoms with E-state index in [0.29, 0.717) is 6.61 Å². The summed E-state index contributed by atoms with van der Waals surface area (Å²) in [6.07, 6.45) is 3.74. The van der Waals surface area contributed by atoms with Gasteiger partial charge in [-0.1, -0.05) is 0 Å². The molecule has 100 valence electrons. The molecule has 0 amide bonds. The monoisotopic (exact) mass is 242 g/mol. The minimum absolute atomic E-state index is 0.122. The molecule has 17 heavy (non-hydrogen) atoms. The predicted molar refractivity (Wildman–Crippen MR) is 69.0 cm³/mol. The van der Waals surface area contributed by atoms with Gasteiger partial charge in [-0.3, -0.25) is 9.69 Å². The van der Waals surface area contributed by atoms with Crippen molar-refractivity contribution in [2.45, 2.75) is 44.7 Å². The van der Waals surface area contributed by atoms with Crippen LogP contribution in [0.25, 0.3) is 0 Å². The lowest BCUT2D eigenvalue weighted by Crippen LogP contribution is -2.58. The first-order chi connectivity index (χ1) is 7.93. The van der Waals surface area contributed by atoms with Crippen LogP contribution in [0.15, 0.2) is 0 Å². The van der Waals surface area contributed by atoms with E-state index in [2.05, 4.69) is 23.9 Å². The Hall–Kier alpha value is -0.610. The maximum atomic E-state index is 11.7. The first-order valence-corrected chi connectivity index (χ1v) is 6.47. The highest BCUT2D eigenvalue weighted by molar-refractivity contribution is 5.75. The molecule has 0 aliphatic heterocycles. The van der Waals surface area contributed by atoms with Gasteiger partial charge >= 0.3 is 5.97 Å². The molecule has 1 aliphatic carbocycles. The quantitative estimate of drug-likeness (QED) is 0.658. The molecule has 1 aliphatic rings. The molecule has 4 heteroatoms. The molecule has 1 unspecified atom stereocenters. The zero-order valence-electron chi connectivity index (χ0n) is 11.8. The van der Waals surface area contributed by atoms with E-state index in [1.165, 1.54) is 19.3 Å². The third kappa shape index (κ3) is 3.19. The number of likely N-dealkylation sites (N-methyl/N-ethyl adjacent to an activating group) is 2. The van der Waals surface area contributed by atoms with Crippen LogP contribution in [-0.2, 0) is 9.53 Å². The third-order valence-electron chi connectivity index (χ3n) is 4.07. The molecule has 1 saturated carbocycles. The molecular formula is C13H26N2O2. The van der Waals surface area contributed by atoms with Crippen molar-refractivity contribution in [3.63, 3.8) is 0 Å². The minimum atomic E-state index is -0.160. The maximum Gasteiger partial charge on any atom is 0.323 e. The maximum absolute atomic E-state index is 11.7. The number of ether oxygens (including phenoxy) is 1. The lowest BCUT2D eigenvalue weighted by atomic mass is 9.75. The van der Waals surface area contributed by atoms with Crippen molar-refractivity contribution < 1.29 is 9.53 Å². The van der Waals surface area contributed by atoms with Crippen LogP contribution in [-0.4, -0.2) is 61.6 Å². The van der Waals surface area contributed by atoms with E-state index in [1.54, 1.807) is 0 Å². The van der Waals surface area contributed by atoms with E-state index in [4.69, 9.17) is 4.74 Å². The van der Waals surface area contributed by atoms with E-state index < -0.39 is 0 Å². The Bertz CT molecular complexity index is 262. The molecule has 0 aromatic rings. The van der Waals surface area contributed by atoms with E-state index in [1.807, 2.05) is 20.9 Å². The fraction of sp³-hybridized carbons (Fsp3) is 0.923. The fourth-order valence-electron chi connectivity index (χ4n) is 2.38. The Kier molecular flexibility index (Phi) is 4.95. The van der Waals surface area contributed by atoms with Gasteiger partial charge in [0.2, 0.25) is 0 Å². The van der Waals surface area contributed by atoms with Gasteiger partial charge in [0.25, 0.3) is 0 Å². The lowest BCUT2D eigenvalue weighted by Gasteiger charge is -2.49. The van der Waals surface area contributed by atoms with Gasteiger partial charge in [-0.15, -0.1) is 0 Å². The van der Waals surface area contributed by atoms with Crippen LogP contribution in [0.3, 0.4) is 0 Å². The number of hydrogen-bond donors (Lipinski definition) is 0. The summed E-state index contributed by atoms with van der Waals surface area (Å²) in [5.41, 5.74) is 0.259. The van der Waals surface area contributed by atoms with Crippen molar-refractivity contribution in [1.82, 2.24) is 9.80 Å². The summed E-state index contributed by atoms with van der Waals surface area (Å²) in [5.74, 6) is -0.122. The van der Waals surface area contributed by atoms with Gasteiger partial charge < -0.3 is 9.64 Å². The van der Waals surface area contributed by atoms with Gasteiger partial charge in [-0.25, -0.2) is 0 Å². The molecule has 4 nitrogen and oxygen atoms in total. The summed E-state index contributed by atoms with van der Waals surface area (Å²) in [6, 6.07) is -0.160. The lowest BCUT2D eigenvalue weighted by molar-refractivity contribution is -0.149. The van der Waals surface area contributed by atoms with Crippen molar-refractivity contribution in [3.8, 4) is 0 Å². The molecule has 1 fully saturated rings. The highest BCUT2D eigenvalue weighted by Gasteiger charge is 2.41. The Morgan fingerprint density at radius 3 is 2.29 bits per heavy atom. The molecule has 1 atom stereocenters. The van der Waals surface area contributed by atoms with Crippen LogP contribution in [0.1, 0.15) is 33.1 Å². The molecule has 0 bridgehead atoms. The second-order valence-electron chi connectivity index (χ2n) is 5.32. The number of nitrogens with zero attached hydrogens (tertiary/aromatic N) is 2. The van der Waals surface area contributed by atoms with Crippen LogP contribution in [0.4, 0.5) is 0 Å². The number of rotatable bonds is 6. The second-order valence-corrected chi connectivity index (χ2v) is 5.32. The second kappa shape index (κ2) is 5.83. The van der Waals surface area contributed by atoms with Crippen molar-refractivity contribution in [2.24, 2.45) is 0 Å². The predicted octanol–water partition coefficient (Wildman–Crippen LogP) is 1.35. The molecule has 0 aromatic heterocycles. The van der Waals surface area contributed by atoms with Gasteiger partial charge in [0, 0.05) is 12.1 Å². The van der Waals surface area contributed by atoms with E-state index >= 15 is 0 Å². The molecule has 0 aromatic carbocycles. The first-order valence-electron chi connectivity index (χ1n) is 6.47. The molecule has 0 saturated heterocycles. The van der Waals surface area contributed by atoms with Crippen molar-refractivity contribution >= 4 is 5.97 Å². The smallest absolute Gasteiger partial charge is 0.323 e. The summed E-state index contributed by atoms with van der Waals surface area (Å²) in [4.78, 5) is 16.1. The van der Waals surface area contributed by atoms with Crippen LogP contribution in [0.2, 0.25) is 0 Å². The normalized spacial score (nSPS) is 20.2. The average Bonchev–Trinajstić information content (AvgIpc) is 2.21. The Balaban J connectivity index is 2.53. The summed E-state index contributed by atoms with van der Waals surface area (Å²) < 4.78 is 5.06. The standard InChI is InChI=1S/C13H26N2O2/c1-6-17-12(16)11(2)15(5)10-13(14(3)4)8-7-9-13/h11H,6-10H2,1-5H3. The summed E-state index contributed by atoms with van der Waals surface area (Å²) in [5, 5.41) is 0. The van der Waals surface area contributed by atoms with Gasteiger partial charge in [0.05, 0.1) is 6.61 Å². The fourth-order valence-corrected chi connectivity index (χ4v) is 2.38. The summed E-state index contributed by atoms with van der Waals surface area (Å²) >= 11 is 0. The van der Waals surface area contributed by atoms with Crippen LogP contribution >= 0.6 is 0 Å².